The second kappa shape index (κ2) is 59.6. The predicted octanol–water partition coefficient (Wildman–Crippen LogP) is 19.6. The highest BCUT2D eigenvalue weighted by Gasteiger charge is 2.20. The number of hydrogen-bond donors (Lipinski definition) is 3. The molecule has 2 atom stereocenters. The Balaban J connectivity index is 3.50. The van der Waals surface area contributed by atoms with Crippen LogP contribution < -0.4 is 5.32 Å². The molecule has 0 bridgehead atoms. The summed E-state index contributed by atoms with van der Waals surface area (Å²) >= 11 is 0. The molecule has 6 nitrogen and oxygen atoms in total. The first-order chi connectivity index (χ1) is 34.5. The van der Waals surface area contributed by atoms with Crippen molar-refractivity contribution in [1.29, 1.82) is 0 Å². The number of ether oxygens (including phenoxy) is 1. The van der Waals surface area contributed by atoms with Gasteiger partial charge in [-0.2, -0.15) is 0 Å². The van der Waals surface area contributed by atoms with Crippen LogP contribution in [0.2, 0.25) is 0 Å². The van der Waals surface area contributed by atoms with E-state index in [1.807, 2.05) is 0 Å². The maximum Gasteiger partial charge on any atom is 0.305 e. The SMILES string of the molecule is CCCCCC/C=C\C/C=C\CCCCCCCCCC(=O)OCCCC/C=C\CCCCCCC(=O)NC(CO)C(O)CCCCCCCCCCCCCCCCCCCCCCCCCCC. The molecule has 6 heteroatoms. The lowest BCUT2D eigenvalue weighted by molar-refractivity contribution is -0.143. The average Bonchev–Trinajstić information content (AvgIpc) is 3.36. The molecule has 0 aromatic heterocycles. The molecular formula is C64H121NO5. The largest absolute Gasteiger partial charge is 0.466 e. The Morgan fingerprint density at radius 2 is 0.714 bits per heavy atom. The van der Waals surface area contributed by atoms with Crippen LogP contribution in [-0.2, 0) is 14.3 Å². The van der Waals surface area contributed by atoms with Gasteiger partial charge in [-0.3, -0.25) is 9.59 Å². The summed E-state index contributed by atoms with van der Waals surface area (Å²) < 4.78 is 5.45. The molecule has 0 radical (unpaired) electrons. The van der Waals surface area contributed by atoms with Gasteiger partial charge in [0.05, 0.1) is 25.4 Å². The van der Waals surface area contributed by atoms with Crippen LogP contribution in [0.3, 0.4) is 0 Å². The van der Waals surface area contributed by atoms with E-state index >= 15 is 0 Å². The highest BCUT2D eigenvalue weighted by atomic mass is 16.5. The molecule has 0 rings (SSSR count). The first kappa shape index (κ1) is 68.1. The van der Waals surface area contributed by atoms with Crippen molar-refractivity contribution < 1.29 is 24.5 Å². The monoisotopic (exact) mass is 984 g/mol. The lowest BCUT2D eigenvalue weighted by Crippen LogP contribution is -2.45. The van der Waals surface area contributed by atoms with Crippen LogP contribution in [0.5, 0.6) is 0 Å². The van der Waals surface area contributed by atoms with Gasteiger partial charge in [0.2, 0.25) is 5.91 Å². The second-order valence-electron chi connectivity index (χ2n) is 21.4. The number of amides is 1. The van der Waals surface area contributed by atoms with Gasteiger partial charge in [-0.05, 0) is 83.5 Å². The molecule has 0 heterocycles. The molecule has 0 saturated carbocycles. The fraction of sp³-hybridized carbons (Fsp3) is 0.875. The lowest BCUT2D eigenvalue weighted by Gasteiger charge is -2.22. The van der Waals surface area contributed by atoms with Gasteiger partial charge in [-0.1, -0.05) is 275 Å². The Labute approximate surface area is 436 Å². The van der Waals surface area contributed by atoms with Crippen LogP contribution >= 0.6 is 0 Å². The molecule has 1 amide bonds. The van der Waals surface area contributed by atoms with Gasteiger partial charge in [0.1, 0.15) is 0 Å². The zero-order valence-corrected chi connectivity index (χ0v) is 47.0. The molecule has 3 N–H and O–H groups in total. The van der Waals surface area contributed by atoms with Gasteiger partial charge >= 0.3 is 5.97 Å². The molecule has 0 aliphatic rings. The summed E-state index contributed by atoms with van der Waals surface area (Å²) in [6.45, 7) is 4.87. The van der Waals surface area contributed by atoms with Gasteiger partial charge < -0.3 is 20.3 Å². The highest BCUT2D eigenvalue weighted by molar-refractivity contribution is 5.76. The summed E-state index contributed by atoms with van der Waals surface area (Å²) in [6, 6.07) is -0.570. The predicted molar refractivity (Wildman–Crippen MR) is 306 cm³/mol. The number of nitrogens with one attached hydrogen (secondary N) is 1. The molecule has 0 spiro atoms. The van der Waals surface area contributed by atoms with E-state index in [1.165, 1.54) is 218 Å². The smallest absolute Gasteiger partial charge is 0.305 e. The third kappa shape index (κ3) is 55.4. The highest BCUT2D eigenvalue weighted by Crippen LogP contribution is 2.18. The van der Waals surface area contributed by atoms with Gasteiger partial charge in [0.15, 0.2) is 0 Å². The first-order valence-corrected chi connectivity index (χ1v) is 31.2. The maximum atomic E-state index is 12.5. The Bertz CT molecular complexity index is 1130. The molecule has 70 heavy (non-hydrogen) atoms. The van der Waals surface area contributed by atoms with E-state index < -0.39 is 12.1 Å². The molecule has 412 valence electrons. The van der Waals surface area contributed by atoms with Gasteiger partial charge in [0, 0.05) is 12.8 Å². The van der Waals surface area contributed by atoms with E-state index in [0.717, 1.165) is 83.5 Å². The summed E-state index contributed by atoms with van der Waals surface area (Å²) in [4.78, 5) is 24.6. The molecule has 0 aliphatic carbocycles. The maximum absolute atomic E-state index is 12.5. The minimum atomic E-state index is -0.689. The van der Waals surface area contributed by atoms with Crippen LogP contribution in [0.4, 0.5) is 0 Å². The van der Waals surface area contributed by atoms with Crippen molar-refractivity contribution in [3.8, 4) is 0 Å². The number of carbonyl (C=O) groups is 2. The minimum Gasteiger partial charge on any atom is -0.466 e. The third-order valence-electron chi connectivity index (χ3n) is 14.4. The number of carbonyl (C=O) groups excluding carboxylic acids is 2. The zero-order valence-electron chi connectivity index (χ0n) is 47.0. The van der Waals surface area contributed by atoms with Crippen LogP contribution in [0.15, 0.2) is 36.5 Å². The molecule has 0 fully saturated rings. The van der Waals surface area contributed by atoms with Crippen molar-refractivity contribution in [1.82, 2.24) is 5.32 Å². The van der Waals surface area contributed by atoms with Crippen molar-refractivity contribution in [2.45, 2.75) is 347 Å². The summed E-state index contributed by atoms with van der Waals surface area (Å²) in [7, 11) is 0. The van der Waals surface area contributed by atoms with Crippen molar-refractivity contribution in [2.24, 2.45) is 0 Å². The quantitative estimate of drug-likeness (QED) is 0.0321. The third-order valence-corrected chi connectivity index (χ3v) is 14.4. The van der Waals surface area contributed by atoms with E-state index in [2.05, 4.69) is 55.6 Å². The number of esters is 1. The van der Waals surface area contributed by atoms with Crippen LogP contribution in [0.1, 0.15) is 335 Å². The van der Waals surface area contributed by atoms with Crippen molar-refractivity contribution in [3.05, 3.63) is 36.5 Å². The van der Waals surface area contributed by atoms with E-state index in [1.54, 1.807) is 0 Å². The normalized spacial score (nSPS) is 12.8. The van der Waals surface area contributed by atoms with Crippen molar-refractivity contribution in [3.63, 3.8) is 0 Å². The van der Waals surface area contributed by atoms with Crippen molar-refractivity contribution >= 4 is 11.9 Å². The second-order valence-corrected chi connectivity index (χ2v) is 21.4. The molecule has 2 unspecified atom stereocenters. The standard InChI is InChI=1S/C64H121NO5/c1-3-5-7-9-11-13-15-17-19-21-23-24-25-26-27-28-29-30-32-34-36-40-44-48-52-56-62(67)61(60-66)65-63(68)57-53-49-45-41-38-39-43-47-51-55-59-70-64(69)58-54-50-46-42-37-35-33-31-22-20-18-16-14-12-10-8-6-4-2/h14,16,20,22,39,43,61-62,66-67H,3-13,15,17-19,21,23-38,40-42,44-60H2,1-2H3,(H,65,68)/b16-14-,22-20-,43-39-. The summed E-state index contributed by atoms with van der Waals surface area (Å²) in [6.07, 6.45) is 74.4. The van der Waals surface area contributed by atoms with Gasteiger partial charge in [0.25, 0.3) is 0 Å². The van der Waals surface area contributed by atoms with Crippen LogP contribution in [-0.4, -0.2) is 47.4 Å². The first-order valence-electron chi connectivity index (χ1n) is 31.2. The Morgan fingerprint density at radius 1 is 0.400 bits per heavy atom. The topological polar surface area (TPSA) is 95.9 Å². The Kier molecular flexibility index (Phi) is 58.0. The number of aliphatic hydroxyl groups is 2. The molecule has 0 aliphatic heterocycles. The summed E-state index contributed by atoms with van der Waals surface area (Å²) in [5.74, 6) is -0.111. The Hall–Kier alpha value is -1.92. The van der Waals surface area contributed by atoms with Crippen molar-refractivity contribution in [2.75, 3.05) is 13.2 Å². The zero-order chi connectivity index (χ0) is 50.7. The van der Waals surface area contributed by atoms with Crippen LogP contribution in [0, 0.1) is 0 Å². The van der Waals surface area contributed by atoms with E-state index in [9.17, 15) is 19.8 Å². The molecule has 0 aromatic carbocycles. The molecule has 0 saturated heterocycles. The number of allylic oxidation sites excluding steroid dienone is 6. The lowest BCUT2D eigenvalue weighted by atomic mass is 10.0. The fourth-order valence-corrected chi connectivity index (χ4v) is 9.61. The number of aliphatic hydroxyl groups excluding tert-OH is 2. The van der Waals surface area contributed by atoms with E-state index in [4.69, 9.17) is 4.74 Å². The summed E-state index contributed by atoms with van der Waals surface area (Å²) in [5, 5.41) is 23.4. The minimum absolute atomic E-state index is 0.0428. The fourth-order valence-electron chi connectivity index (χ4n) is 9.61. The number of rotatable bonds is 58. The van der Waals surface area contributed by atoms with Crippen LogP contribution in [0.25, 0.3) is 0 Å². The van der Waals surface area contributed by atoms with E-state index in [-0.39, 0.29) is 18.5 Å². The number of hydrogen-bond acceptors (Lipinski definition) is 5. The van der Waals surface area contributed by atoms with E-state index in [0.29, 0.717) is 25.9 Å². The summed E-state index contributed by atoms with van der Waals surface area (Å²) in [5.41, 5.74) is 0. The Morgan fingerprint density at radius 3 is 1.11 bits per heavy atom. The molecule has 0 aromatic rings. The average molecular weight is 985 g/mol. The van der Waals surface area contributed by atoms with Gasteiger partial charge in [-0.25, -0.2) is 0 Å². The number of unbranched alkanes of at least 4 members (excludes halogenated alkanes) is 41. The van der Waals surface area contributed by atoms with Gasteiger partial charge in [-0.15, -0.1) is 0 Å². The molecular weight excluding hydrogens is 863 g/mol.